The molecule has 1 rings (SSSR count). The summed E-state index contributed by atoms with van der Waals surface area (Å²) in [5.74, 6) is -0.801. The fourth-order valence-electron chi connectivity index (χ4n) is 3.01. The van der Waals surface area contributed by atoms with Crippen LogP contribution in [-0.4, -0.2) is 11.1 Å². The number of nitrogens with two attached hydrogens (primary N) is 1. The van der Waals surface area contributed by atoms with Crippen LogP contribution in [-0.2, 0) is 15.6 Å². The number of anilines is 1. The number of hydrogen-bond donors (Lipinski definition) is 2. The first-order valence-electron chi connectivity index (χ1n) is 7.71. The zero-order chi connectivity index (χ0) is 16.4. The van der Waals surface area contributed by atoms with Crippen LogP contribution in [0, 0.1) is 5.92 Å². The number of nitrogen functional groups attached to an aromatic ring is 1. The standard InChI is InChI=1S/C18H29NO2/c1-7-10-18(12(2)3,16(20)21)14-11-13(17(4,5)6)8-9-15(14)19/h8-9,11-12H,7,10,19H2,1-6H3,(H,20,21). The molecule has 3 nitrogen and oxygen atoms in total. The Bertz CT molecular complexity index is 514. The van der Waals surface area contributed by atoms with Crippen molar-refractivity contribution in [2.75, 3.05) is 5.73 Å². The third kappa shape index (κ3) is 3.22. The van der Waals surface area contributed by atoms with Gasteiger partial charge in [-0.1, -0.05) is 60.1 Å². The molecule has 3 N–H and O–H groups in total. The van der Waals surface area contributed by atoms with Gasteiger partial charge in [-0.2, -0.15) is 0 Å². The van der Waals surface area contributed by atoms with E-state index in [1.54, 1.807) is 0 Å². The highest BCUT2D eigenvalue weighted by atomic mass is 16.4. The van der Waals surface area contributed by atoms with E-state index >= 15 is 0 Å². The summed E-state index contributed by atoms with van der Waals surface area (Å²) in [6.45, 7) is 12.3. The number of hydrogen-bond acceptors (Lipinski definition) is 2. The highest BCUT2D eigenvalue weighted by Crippen LogP contribution is 2.41. The summed E-state index contributed by atoms with van der Waals surface area (Å²) in [6, 6.07) is 5.85. The molecule has 1 aromatic carbocycles. The number of rotatable bonds is 5. The topological polar surface area (TPSA) is 63.3 Å². The van der Waals surface area contributed by atoms with Crippen LogP contribution in [0.1, 0.15) is 65.5 Å². The van der Waals surface area contributed by atoms with Gasteiger partial charge in [-0.05, 0) is 34.9 Å². The predicted octanol–water partition coefficient (Wildman–Crippen LogP) is 4.34. The van der Waals surface area contributed by atoms with E-state index in [-0.39, 0.29) is 11.3 Å². The molecule has 0 saturated carbocycles. The van der Waals surface area contributed by atoms with E-state index in [2.05, 4.69) is 20.8 Å². The largest absolute Gasteiger partial charge is 0.481 e. The first-order valence-corrected chi connectivity index (χ1v) is 7.71. The summed E-state index contributed by atoms with van der Waals surface area (Å²) in [7, 11) is 0. The number of carboxylic acid groups (broad SMARTS) is 1. The molecule has 0 saturated heterocycles. The van der Waals surface area contributed by atoms with Crippen molar-refractivity contribution in [3.8, 4) is 0 Å². The van der Waals surface area contributed by atoms with Crippen molar-refractivity contribution in [3.05, 3.63) is 29.3 Å². The molecule has 1 atom stereocenters. The van der Waals surface area contributed by atoms with E-state index in [1.807, 2.05) is 39.0 Å². The monoisotopic (exact) mass is 291 g/mol. The molecule has 0 spiro atoms. The molecule has 0 aromatic heterocycles. The van der Waals surface area contributed by atoms with E-state index in [0.29, 0.717) is 12.1 Å². The Morgan fingerprint density at radius 2 is 1.86 bits per heavy atom. The lowest BCUT2D eigenvalue weighted by atomic mass is 9.67. The van der Waals surface area contributed by atoms with Crippen LogP contribution in [0.3, 0.4) is 0 Å². The van der Waals surface area contributed by atoms with Crippen molar-refractivity contribution >= 4 is 11.7 Å². The molecule has 1 aromatic rings. The van der Waals surface area contributed by atoms with Crippen LogP contribution in [0.15, 0.2) is 18.2 Å². The van der Waals surface area contributed by atoms with Gasteiger partial charge in [0.15, 0.2) is 0 Å². The van der Waals surface area contributed by atoms with E-state index in [0.717, 1.165) is 17.5 Å². The average Bonchev–Trinajstić information content (AvgIpc) is 2.34. The predicted molar refractivity (Wildman–Crippen MR) is 88.6 cm³/mol. The van der Waals surface area contributed by atoms with Gasteiger partial charge in [0.1, 0.15) is 0 Å². The highest BCUT2D eigenvalue weighted by Gasteiger charge is 2.44. The minimum absolute atomic E-state index is 0.0209. The highest BCUT2D eigenvalue weighted by molar-refractivity contribution is 5.84. The number of carboxylic acids is 1. The second kappa shape index (κ2) is 6.08. The fourth-order valence-corrected chi connectivity index (χ4v) is 3.01. The van der Waals surface area contributed by atoms with E-state index in [9.17, 15) is 9.90 Å². The van der Waals surface area contributed by atoms with Crippen LogP contribution in [0.5, 0.6) is 0 Å². The Hall–Kier alpha value is -1.51. The van der Waals surface area contributed by atoms with Gasteiger partial charge in [-0.15, -0.1) is 0 Å². The third-order valence-corrected chi connectivity index (χ3v) is 4.41. The minimum atomic E-state index is -0.917. The number of carbonyl (C=O) groups is 1. The lowest BCUT2D eigenvalue weighted by Gasteiger charge is -2.36. The Morgan fingerprint density at radius 1 is 1.29 bits per heavy atom. The van der Waals surface area contributed by atoms with Gasteiger partial charge in [0.25, 0.3) is 0 Å². The lowest BCUT2D eigenvalue weighted by molar-refractivity contribution is -0.146. The van der Waals surface area contributed by atoms with Gasteiger partial charge in [-0.25, -0.2) is 0 Å². The summed E-state index contributed by atoms with van der Waals surface area (Å²) in [5.41, 5.74) is 7.67. The van der Waals surface area contributed by atoms with Gasteiger partial charge in [0.05, 0.1) is 5.41 Å². The first-order chi connectivity index (χ1) is 9.57. The van der Waals surface area contributed by atoms with E-state index in [1.165, 1.54) is 0 Å². The molecule has 1 unspecified atom stereocenters. The van der Waals surface area contributed by atoms with Gasteiger partial charge < -0.3 is 10.8 Å². The molecule has 0 heterocycles. The molecule has 3 heteroatoms. The molecular formula is C18H29NO2. The molecule has 0 aliphatic carbocycles. The van der Waals surface area contributed by atoms with Crippen LogP contribution in [0.2, 0.25) is 0 Å². The lowest BCUT2D eigenvalue weighted by Crippen LogP contribution is -2.41. The maximum absolute atomic E-state index is 12.1. The zero-order valence-electron chi connectivity index (χ0n) is 14.2. The van der Waals surface area contributed by atoms with Gasteiger partial charge in [0.2, 0.25) is 0 Å². The molecule has 0 bridgehead atoms. The molecule has 0 radical (unpaired) electrons. The molecule has 0 amide bonds. The normalized spacial score (nSPS) is 15.0. The molecule has 21 heavy (non-hydrogen) atoms. The van der Waals surface area contributed by atoms with Crippen LogP contribution in [0.4, 0.5) is 5.69 Å². The molecule has 0 aliphatic rings. The molecule has 118 valence electrons. The molecular weight excluding hydrogens is 262 g/mol. The Morgan fingerprint density at radius 3 is 2.24 bits per heavy atom. The van der Waals surface area contributed by atoms with Crippen molar-refractivity contribution in [2.45, 2.75) is 65.2 Å². The van der Waals surface area contributed by atoms with Crippen molar-refractivity contribution in [1.29, 1.82) is 0 Å². The molecule has 0 aliphatic heterocycles. The number of benzene rings is 1. The van der Waals surface area contributed by atoms with Gasteiger partial charge >= 0.3 is 5.97 Å². The van der Waals surface area contributed by atoms with Crippen LogP contribution < -0.4 is 5.73 Å². The second-order valence-corrected chi connectivity index (χ2v) is 7.23. The Balaban J connectivity index is 3.61. The maximum atomic E-state index is 12.1. The Kier molecular flexibility index (Phi) is 5.08. The zero-order valence-corrected chi connectivity index (χ0v) is 14.2. The summed E-state index contributed by atoms with van der Waals surface area (Å²) in [6.07, 6.45) is 1.40. The van der Waals surface area contributed by atoms with E-state index < -0.39 is 11.4 Å². The van der Waals surface area contributed by atoms with Crippen LogP contribution in [0.25, 0.3) is 0 Å². The van der Waals surface area contributed by atoms with Crippen molar-refractivity contribution < 1.29 is 9.90 Å². The summed E-state index contributed by atoms with van der Waals surface area (Å²) >= 11 is 0. The van der Waals surface area contributed by atoms with Crippen molar-refractivity contribution in [1.82, 2.24) is 0 Å². The Labute approximate surface area is 128 Å². The minimum Gasteiger partial charge on any atom is -0.481 e. The summed E-state index contributed by atoms with van der Waals surface area (Å²) < 4.78 is 0. The van der Waals surface area contributed by atoms with Gasteiger partial charge in [-0.3, -0.25) is 4.79 Å². The quantitative estimate of drug-likeness (QED) is 0.793. The van der Waals surface area contributed by atoms with Crippen molar-refractivity contribution in [2.24, 2.45) is 5.92 Å². The average molecular weight is 291 g/mol. The maximum Gasteiger partial charge on any atom is 0.314 e. The van der Waals surface area contributed by atoms with Crippen LogP contribution >= 0.6 is 0 Å². The third-order valence-electron chi connectivity index (χ3n) is 4.41. The fraction of sp³-hybridized carbons (Fsp3) is 0.611. The second-order valence-electron chi connectivity index (χ2n) is 7.23. The first kappa shape index (κ1) is 17.5. The molecule has 0 fully saturated rings. The summed E-state index contributed by atoms with van der Waals surface area (Å²) in [4.78, 5) is 12.1. The SMILES string of the molecule is CCCC(C(=O)O)(c1cc(C(C)(C)C)ccc1N)C(C)C. The van der Waals surface area contributed by atoms with Crippen molar-refractivity contribution in [3.63, 3.8) is 0 Å². The van der Waals surface area contributed by atoms with Gasteiger partial charge in [0, 0.05) is 5.69 Å². The van der Waals surface area contributed by atoms with E-state index in [4.69, 9.17) is 5.73 Å². The summed E-state index contributed by atoms with van der Waals surface area (Å²) in [5, 5.41) is 9.94. The smallest absolute Gasteiger partial charge is 0.314 e. The number of aliphatic carboxylic acids is 1.